The fourth-order valence-corrected chi connectivity index (χ4v) is 1.44. The van der Waals surface area contributed by atoms with Gasteiger partial charge in [-0.15, -0.1) is 5.84 Å². The van der Waals surface area contributed by atoms with Crippen molar-refractivity contribution < 1.29 is 19.8 Å². The highest BCUT2D eigenvalue weighted by atomic mass is 16.8. The Morgan fingerprint density at radius 3 is 1.94 bits per heavy atom. The standard InChI is InChI=1S/C3H10N9O6/c1-2-12(5)3(4)6(9(13)14)7(10(15)16)8(12)11(17)18/h3H,2,4-5H2,1H3/q+1. The lowest BCUT2D eigenvalue weighted by Gasteiger charge is -2.24. The van der Waals surface area contributed by atoms with E-state index in [0.717, 1.165) is 0 Å². The smallest absolute Gasteiger partial charge is 0.253 e. The van der Waals surface area contributed by atoms with Crippen LogP contribution in [0.15, 0.2) is 0 Å². The molecule has 2 unspecified atom stereocenters. The Labute approximate surface area is 98.1 Å². The summed E-state index contributed by atoms with van der Waals surface area (Å²) in [5.74, 6) is 5.51. The molecule has 15 heteroatoms. The predicted octanol–water partition coefficient (Wildman–Crippen LogP) is -2.82. The van der Waals surface area contributed by atoms with Crippen molar-refractivity contribution in [2.45, 2.75) is 13.2 Å². The summed E-state index contributed by atoms with van der Waals surface area (Å²) in [6, 6.07) is 0. The topological polar surface area (TPSA) is 191 Å². The van der Waals surface area contributed by atoms with Crippen molar-refractivity contribution in [1.29, 1.82) is 0 Å². The zero-order chi connectivity index (χ0) is 14.2. The van der Waals surface area contributed by atoms with Gasteiger partial charge in [-0.3, -0.25) is 5.73 Å². The van der Waals surface area contributed by atoms with E-state index in [2.05, 4.69) is 0 Å². The second kappa shape index (κ2) is 4.05. The second-order valence-corrected chi connectivity index (χ2v) is 3.19. The molecule has 0 aromatic rings. The molecule has 1 heterocycles. The molecule has 1 aliphatic rings. The molecular formula is C3H10N9O6+. The lowest BCUT2D eigenvalue weighted by molar-refractivity contribution is -1.18. The Bertz CT molecular complexity index is 400. The Balaban J connectivity index is 3.38. The van der Waals surface area contributed by atoms with Gasteiger partial charge in [0.2, 0.25) is 20.5 Å². The van der Waals surface area contributed by atoms with E-state index >= 15 is 0 Å². The fraction of sp³-hybridized carbons (Fsp3) is 1.00. The Kier molecular flexibility index (Phi) is 3.05. The van der Waals surface area contributed by atoms with E-state index in [0.29, 0.717) is 0 Å². The molecule has 0 aromatic heterocycles. The molecule has 0 radical (unpaired) electrons. The molecule has 0 spiro atoms. The molecule has 0 amide bonds. The molecule has 0 aliphatic carbocycles. The van der Waals surface area contributed by atoms with Crippen molar-refractivity contribution in [1.82, 2.24) is 15.6 Å². The third kappa shape index (κ3) is 1.58. The SMILES string of the molecule is CC[N+]1(N)C(N)N([N+](=O)[O-])N([N+](=O)[O-])N1[N+](=O)[O-]. The lowest BCUT2D eigenvalue weighted by Crippen LogP contribution is -2.71. The van der Waals surface area contributed by atoms with Crippen molar-refractivity contribution in [3.8, 4) is 0 Å². The highest BCUT2D eigenvalue weighted by Crippen LogP contribution is 2.25. The maximum atomic E-state index is 10.8. The number of nitrogens with two attached hydrogens (primary N) is 2. The molecule has 0 aromatic carbocycles. The van der Waals surface area contributed by atoms with Crippen molar-refractivity contribution in [3.63, 3.8) is 0 Å². The first kappa shape index (κ1) is 13.5. The normalized spacial score (nSPS) is 27.5. The lowest BCUT2D eigenvalue weighted by atomic mass is 10.6. The monoisotopic (exact) mass is 268 g/mol. The van der Waals surface area contributed by atoms with E-state index in [-0.39, 0.29) is 16.9 Å². The summed E-state index contributed by atoms with van der Waals surface area (Å²) in [6.45, 7) is 1.05. The summed E-state index contributed by atoms with van der Waals surface area (Å²) < 4.78 is -1.34. The van der Waals surface area contributed by atoms with E-state index in [4.69, 9.17) is 11.6 Å². The maximum absolute atomic E-state index is 10.8. The van der Waals surface area contributed by atoms with Crippen molar-refractivity contribution in [3.05, 3.63) is 30.3 Å². The number of nitrogens with zero attached hydrogens (tertiary/aromatic N) is 7. The molecule has 1 fully saturated rings. The van der Waals surface area contributed by atoms with Crippen molar-refractivity contribution >= 4 is 0 Å². The first-order chi connectivity index (χ1) is 8.18. The van der Waals surface area contributed by atoms with Gasteiger partial charge < -0.3 is 0 Å². The average molecular weight is 268 g/mol. The van der Waals surface area contributed by atoms with Gasteiger partial charge in [0, 0.05) is 0 Å². The van der Waals surface area contributed by atoms with E-state index in [9.17, 15) is 30.3 Å². The highest BCUT2D eigenvalue weighted by molar-refractivity contribution is 4.42. The zero-order valence-electron chi connectivity index (χ0n) is 9.02. The van der Waals surface area contributed by atoms with Gasteiger partial charge in [0.25, 0.3) is 0 Å². The van der Waals surface area contributed by atoms with Crippen LogP contribution in [0.25, 0.3) is 0 Å². The Morgan fingerprint density at radius 1 is 1.17 bits per heavy atom. The molecule has 1 saturated heterocycles. The van der Waals surface area contributed by atoms with Gasteiger partial charge in [-0.2, -0.15) is 0 Å². The number of hydrogen-bond donors (Lipinski definition) is 2. The number of rotatable bonds is 4. The van der Waals surface area contributed by atoms with Crippen molar-refractivity contribution in [2.75, 3.05) is 6.54 Å². The predicted molar refractivity (Wildman–Crippen MR) is 49.5 cm³/mol. The molecule has 15 nitrogen and oxygen atoms in total. The summed E-state index contributed by atoms with van der Waals surface area (Å²) in [6.07, 6.45) is -1.82. The molecule has 1 aliphatic heterocycles. The van der Waals surface area contributed by atoms with Gasteiger partial charge in [0.05, 0.1) is 0 Å². The van der Waals surface area contributed by atoms with Crippen LogP contribution in [0, 0.1) is 30.3 Å². The van der Waals surface area contributed by atoms with Gasteiger partial charge in [-0.05, 0) is 11.6 Å². The Morgan fingerprint density at radius 2 is 1.67 bits per heavy atom. The third-order valence-electron chi connectivity index (χ3n) is 2.34. The van der Waals surface area contributed by atoms with Crippen LogP contribution < -0.4 is 11.6 Å². The first-order valence-corrected chi connectivity index (χ1v) is 4.43. The minimum Gasteiger partial charge on any atom is -0.253 e. The number of quaternary nitrogens is 1. The number of hydrazine groups is 5. The van der Waals surface area contributed by atoms with E-state index < -0.39 is 31.3 Å². The van der Waals surface area contributed by atoms with Gasteiger partial charge in [0.1, 0.15) is 11.7 Å². The summed E-state index contributed by atoms with van der Waals surface area (Å²) >= 11 is 0. The van der Waals surface area contributed by atoms with Crippen LogP contribution in [-0.2, 0) is 0 Å². The quantitative estimate of drug-likeness (QED) is 0.231. The summed E-state index contributed by atoms with van der Waals surface area (Å²) in [5.41, 5.74) is 5.36. The van der Waals surface area contributed by atoms with Crippen LogP contribution in [-0.4, -0.2) is 48.2 Å². The van der Waals surface area contributed by atoms with E-state index in [1.54, 1.807) is 0 Å². The van der Waals surface area contributed by atoms with Gasteiger partial charge >= 0.3 is 6.29 Å². The van der Waals surface area contributed by atoms with Crippen LogP contribution in [0.3, 0.4) is 0 Å². The summed E-state index contributed by atoms with van der Waals surface area (Å²) in [5, 5.41) is 27.4. The van der Waals surface area contributed by atoms with E-state index in [1.165, 1.54) is 6.92 Å². The van der Waals surface area contributed by atoms with E-state index in [1.807, 2.05) is 0 Å². The number of hydrogen-bond acceptors (Lipinski definition) is 8. The summed E-state index contributed by atoms with van der Waals surface area (Å²) in [4.78, 5) is 32.2. The Hall–Kier alpha value is -2.52. The molecule has 102 valence electrons. The van der Waals surface area contributed by atoms with Crippen LogP contribution in [0.4, 0.5) is 0 Å². The van der Waals surface area contributed by atoms with Crippen LogP contribution >= 0.6 is 0 Å². The number of nitro groups is 3. The summed E-state index contributed by atoms with van der Waals surface area (Å²) in [7, 11) is 0. The molecule has 0 bridgehead atoms. The second-order valence-electron chi connectivity index (χ2n) is 3.19. The molecular weight excluding hydrogens is 258 g/mol. The molecule has 18 heavy (non-hydrogen) atoms. The first-order valence-electron chi connectivity index (χ1n) is 4.43. The largest absolute Gasteiger partial charge is 0.350 e. The highest BCUT2D eigenvalue weighted by Gasteiger charge is 2.73. The van der Waals surface area contributed by atoms with Gasteiger partial charge in [-0.25, -0.2) is 30.3 Å². The minimum atomic E-state index is -1.82. The molecule has 0 saturated carbocycles. The van der Waals surface area contributed by atoms with Crippen LogP contribution in [0.5, 0.6) is 0 Å². The van der Waals surface area contributed by atoms with Gasteiger partial charge in [-0.1, -0.05) is 0 Å². The molecule has 2 atom stereocenters. The zero-order valence-corrected chi connectivity index (χ0v) is 9.02. The fourth-order valence-electron chi connectivity index (χ4n) is 1.44. The minimum absolute atomic E-state index is 0.229. The molecule has 1 rings (SSSR count). The van der Waals surface area contributed by atoms with Crippen LogP contribution in [0.1, 0.15) is 6.92 Å². The third-order valence-corrected chi connectivity index (χ3v) is 2.34. The van der Waals surface area contributed by atoms with Crippen LogP contribution in [0.2, 0.25) is 0 Å². The van der Waals surface area contributed by atoms with Gasteiger partial charge in [0.15, 0.2) is 5.03 Å². The van der Waals surface area contributed by atoms with Crippen molar-refractivity contribution in [2.24, 2.45) is 11.6 Å². The molecule has 4 N–H and O–H groups in total. The average Bonchev–Trinajstić information content (AvgIpc) is 2.49. The maximum Gasteiger partial charge on any atom is 0.350 e.